The number of nitrogens with zero attached hydrogens (tertiary/aromatic N) is 2. The van der Waals surface area contributed by atoms with Gasteiger partial charge >= 0.3 is 6.18 Å². The van der Waals surface area contributed by atoms with Crippen LogP contribution in [0.5, 0.6) is 0 Å². The lowest BCUT2D eigenvalue weighted by Crippen LogP contribution is -2.26. The number of aromatic nitrogens is 1. The van der Waals surface area contributed by atoms with Gasteiger partial charge in [0.1, 0.15) is 11.0 Å². The van der Waals surface area contributed by atoms with Gasteiger partial charge in [0.05, 0.1) is 5.56 Å². The molecule has 0 spiro atoms. The molecule has 1 aliphatic heterocycles. The zero-order valence-electron chi connectivity index (χ0n) is 9.50. The fourth-order valence-corrected chi connectivity index (χ4v) is 2.87. The molecule has 0 N–H and O–H groups in total. The first-order chi connectivity index (χ1) is 8.47. The quantitative estimate of drug-likeness (QED) is 0.735. The third kappa shape index (κ3) is 3.45. The molecule has 0 aromatic carbocycles. The molecule has 1 fully saturated rings. The first kappa shape index (κ1) is 13.8. The lowest BCUT2D eigenvalue weighted by Gasteiger charge is -2.22. The van der Waals surface area contributed by atoms with Crippen LogP contribution in [-0.4, -0.2) is 29.6 Å². The van der Waals surface area contributed by atoms with E-state index >= 15 is 0 Å². The van der Waals surface area contributed by atoms with Crippen LogP contribution in [0.15, 0.2) is 12.1 Å². The van der Waals surface area contributed by atoms with Gasteiger partial charge in [-0.3, -0.25) is 0 Å². The fourth-order valence-electron chi connectivity index (χ4n) is 1.78. The summed E-state index contributed by atoms with van der Waals surface area (Å²) in [4.78, 5) is 5.86. The maximum atomic E-state index is 12.7. The van der Waals surface area contributed by atoms with E-state index < -0.39 is 11.7 Å². The second kappa shape index (κ2) is 5.57. The van der Waals surface area contributed by atoms with Crippen LogP contribution >= 0.6 is 23.4 Å². The van der Waals surface area contributed by atoms with Crippen molar-refractivity contribution in [1.29, 1.82) is 0 Å². The number of rotatable bonds is 1. The molecule has 1 aromatic heterocycles. The largest absolute Gasteiger partial charge is 0.416 e. The van der Waals surface area contributed by atoms with Crippen molar-refractivity contribution in [3.63, 3.8) is 0 Å². The lowest BCUT2D eigenvalue weighted by atomic mass is 10.2. The van der Waals surface area contributed by atoms with Crippen LogP contribution in [0.3, 0.4) is 0 Å². The maximum absolute atomic E-state index is 12.7. The summed E-state index contributed by atoms with van der Waals surface area (Å²) in [6.07, 6.45) is -3.44. The smallest absolute Gasteiger partial charge is 0.356 e. The summed E-state index contributed by atoms with van der Waals surface area (Å²) in [6, 6.07) is 1.93. The number of pyridine rings is 1. The van der Waals surface area contributed by atoms with E-state index in [1.54, 1.807) is 11.8 Å². The normalized spacial score (nSPS) is 17.7. The minimum absolute atomic E-state index is 0.114. The number of hydrogen-bond donors (Lipinski definition) is 0. The van der Waals surface area contributed by atoms with Gasteiger partial charge in [-0.15, -0.1) is 0 Å². The predicted octanol–water partition coefficient (Wildman–Crippen LogP) is 3.70. The second-order valence-electron chi connectivity index (χ2n) is 3.99. The second-order valence-corrected chi connectivity index (χ2v) is 5.60. The Morgan fingerprint density at radius 1 is 1.22 bits per heavy atom. The summed E-state index contributed by atoms with van der Waals surface area (Å²) in [5.41, 5.74) is -0.741. The molecule has 2 rings (SSSR count). The van der Waals surface area contributed by atoms with Gasteiger partial charge < -0.3 is 4.90 Å². The summed E-state index contributed by atoms with van der Waals surface area (Å²) >= 11 is 7.48. The highest BCUT2D eigenvalue weighted by molar-refractivity contribution is 7.99. The van der Waals surface area contributed by atoms with Crippen molar-refractivity contribution in [3.05, 3.63) is 22.8 Å². The van der Waals surface area contributed by atoms with Crippen LogP contribution in [0.1, 0.15) is 12.0 Å². The van der Waals surface area contributed by atoms with Crippen molar-refractivity contribution in [2.45, 2.75) is 12.6 Å². The minimum atomic E-state index is -4.39. The summed E-state index contributed by atoms with van der Waals surface area (Å²) in [5.74, 6) is 2.25. The summed E-state index contributed by atoms with van der Waals surface area (Å²) in [5, 5.41) is -0.114. The van der Waals surface area contributed by atoms with Crippen molar-refractivity contribution >= 4 is 29.2 Å². The van der Waals surface area contributed by atoms with Crippen molar-refractivity contribution in [3.8, 4) is 0 Å². The standard InChI is InChI=1S/C11H12ClF3N2S/c12-9-6-8(11(13,14)15)7-10(16-9)17-2-1-4-18-5-3-17/h6-7H,1-5H2. The van der Waals surface area contributed by atoms with Crippen LogP contribution in [-0.2, 0) is 6.18 Å². The topological polar surface area (TPSA) is 16.1 Å². The Labute approximate surface area is 113 Å². The number of thioether (sulfide) groups is 1. The van der Waals surface area contributed by atoms with Crippen molar-refractivity contribution < 1.29 is 13.2 Å². The van der Waals surface area contributed by atoms with Gasteiger partial charge in [-0.25, -0.2) is 4.98 Å². The lowest BCUT2D eigenvalue weighted by molar-refractivity contribution is -0.137. The van der Waals surface area contributed by atoms with Gasteiger partial charge in [0.2, 0.25) is 0 Å². The van der Waals surface area contributed by atoms with E-state index in [9.17, 15) is 13.2 Å². The molecule has 0 aliphatic carbocycles. The van der Waals surface area contributed by atoms with Gasteiger partial charge in [-0.2, -0.15) is 24.9 Å². The molecular formula is C11H12ClF3N2S. The van der Waals surface area contributed by atoms with Gasteiger partial charge in [0.15, 0.2) is 0 Å². The Morgan fingerprint density at radius 2 is 2.00 bits per heavy atom. The van der Waals surface area contributed by atoms with Crippen LogP contribution < -0.4 is 4.90 Å². The van der Waals surface area contributed by atoms with Gasteiger partial charge in [0, 0.05) is 18.8 Å². The monoisotopic (exact) mass is 296 g/mol. The Balaban J connectivity index is 2.29. The van der Waals surface area contributed by atoms with Gasteiger partial charge in [-0.05, 0) is 24.3 Å². The minimum Gasteiger partial charge on any atom is -0.356 e. The highest BCUT2D eigenvalue weighted by atomic mass is 35.5. The Kier molecular flexibility index (Phi) is 4.27. The zero-order valence-corrected chi connectivity index (χ0v) is 11.1. The maximum Gasteiger partial charge on any atom is 0.416 e. The molecule has 0 unspecified atom stereocenters. The summed E-state index contributed by atoms with van der Waals surface area (Å²) in [7, 11) is 0. The van der Waals surface area contributed by atoms with E-state index in [4.69, 9.17) is 11.6 Å². The highest BCUT2D eigenvalue weighted by Gasteiger charge is 2.32. The molecule has 0 bridgehead atoms. The molecule has 0 radical (unpaired) electrons. The van der Waals surface area contributed by atoms with Crippen molar-refractivity contribution in [1.82, 2.24) is 4.98 Å². The van der Waals surface area contributed by atoms with E-state index in [0.29, 0.717) is 12.4 Å². The summed E-state index contributed by atoms with van der Waals surface area (Å²) < 4.78 is 38.1. The Hall–Kier alpha value is -0.620. The average Bonchev–Trinajstić information content (AvgIpc) is 2.55. The number of halogens is 4. The SMILES string of the molecule is FC(F)(F)c1cc(Cl)nc(N2CCCSCC2)c1. The molecule has 0 amide bonds. The molecule has 2 nitrogen and oxygen atoms in total. The third-order valence-corrected chi connectivity index (χ3v) is 3.90. The molecule has 2 heterocycles. The van der Waals surface area contributed by atoms with E-state index in [0.717, 1.165) is 36.6 Å². The molecule has 1 saturated heterocycles. The van der Waals surface area contributed by atoms with Crippen LogP contribution in [0.2, 0.25) is 5.15 Å². The molecule has 0 saturated carbocycles. The van der Waals surface area contributed by atoms with E-state index in [2.05, 4.69) is 4.98 Å². The molecule has 100 valence electrons. The van der Waals surface area contributed by atoms with Gasteiger partial charge in [0.25, 0.3) is 0 Å². The number of alkyl halides is 3. The van der Waals surface area contributed by atoms with E-state index in [-0.39, 0.29) is 5.15 Å². The molecule has 7 heteroatoms. The van der Waals surface area contributed by atoms with E-state index in [1.807, 2.05) is 4.90 Å². The average molecular weight is 297 g/mol. The molecule has 0 atom stereocenters. The van der Waals surface area contributed by atoms with Crippen molar-refractivity contribution in [2.75, 3.05) is 29.5 Å². The number of hydrogen-bond acceptors (Lipinski definition) is 3. The Morgan fingerprint density at radius 3 is 2.72 bits per heavy atom. The van der Waals surface area contributed by atoms with Crippen LogP contribution in [0.25, 0.3) is 0 Å². The van der Waals surface area contributed by atoms with Crippen molar-refractivity contribution in [2.24, 2.45) is 0 Å². The van der Waals surface area contributed by atoms with Crippen LogP contribution in [0.4, 0.5) is 19.0 Å². The first-order valence-corrected chi connectivity index (χ1v) is 7.07. The third-order valence-electron chi connectivity index (χ3n) is 2.65. The molecule has 1 aliphatic rings. The predicted molar refractivity (Wildman–Crippen MR) is 68.4 cm³/mol. The Bertz CT molecular complexity index is 417. The molecular weight excluding hydrogens is 285 g/mol. The van der Waals surface area contributed by atoms with Gasteiger partial charge in [-0.1, -0.05) is 11.6 Å². The molecule has 1 aromatic rings. The number of anilines is 1. The highest BCUT2D eigenvalue weighted by Crippen LogP contribution is 2.33. The first-order valence-electron chi connectivity index (χ1n) is 5.54. The van der Waals surface area contributed by atoms with Crippen LogP contribution in [0, 0.1) is 0 Å². The van der Waals surface area contributed by atoms with E-state index in [1.165, 1.54) is 0 Å². The fraction of sp³-hybridized carbons (Fsp3) is 0.545. The summed E-state index contributed by atoms with van der Waals surface area (Å²) in [6.45, 7) is 1.42. The zero-order chi connectivity index (χ0) is 13.2. The molecule has 18 heavy (non-hydrogen) atoms.